The molecule has 0 spiro atoms. The second kappa shape index (κ2) is 11.2. The Morgan fingerprint density at radius 3 is 2.58 bits per heavy atom. The number of methoxy groups -OCH3 is 1. The van der Waals surface area contributed by atoms with E-state index in [4.69, 9.17) is 37.2 Å². The van der Waals surface area contributed by atoms with Gasteiger partial charge in [-0.25, -0.2) is 8.42 Å². The van der Waals surface area contributed by atoms with Gasteiger partial charge < -0.3 is 19.3 Å². The lowest BCUT2D eigenvalue weighted by atomic mass is 10.2. The van der Waals surface area contributed by atoms with Crippen molar-refractivity contribution in [3.8, 4) is 23.0 Å². The quantitative estimate of drug-likeness (QED) is 0.253. The molecule has 0 fully saturated rings. The van der Waals surface area contributed by atoms with E-state index in [0.717, 1.165) is 15.6 Å². The molecule has 0 saturated heterocycles. The Kier molecular flexibility index (Phi) is 8.16. The molecular formula is C24H22Cl2N4O6S2. The first-order valence-corrected chi connectivity index (χ1v) is 14.1. The van der Waals surface area contributed by atoms with Crippen molar-refractivity contribution < 1.29 is 27.2 Å². The summed E-state index contributed by atoms with van der Waals surface area (Å²) in [6, 6.07) is 10.6. The summed E-state index contributed by atoms with van der Waals surface area (Å²) in [5.41, 5.74) is 1.08. The Labute approximate surface area is 233 Å². The third-order valence-corrected chi connectivity index (χ3v) is 8.67. The summed E-state index contributed by atoms with van der Waals surface area (Å²) in [4.78, 5) is 17.1. The first-order valence-electron chi connectivity index (χ1n) is 11.0. The van der Waals surface area contributed by atoms with Gasteiger partial charge in [0.25, 0.3) is 21.8 Å². The van der Waals surface area contributed by atoms with Gasteiger partial charge in [-0.05, 0) is 50.2 Å². The van der Waals surface area contributed by atoms with Crippen LogP contribution in [0.1, 0.15) is 22.4 Å². The minimum atomic E-state index is -4.20. The summed E-state index contributed by atoms with van der Waals surface area (Å²) in [7, 11) is -1.38. The van der Waals surface area contributed by atoms with Gasteiger partial charge in [-0.1, -0.05) is 28.4 Å². The number of amides is 1. The summed E-state index contributed by atoms with van der Waals surface area (Å²) >= 11 is 13.2. The number of aryl methyl sites for hydroxylation is 1. The van der Waals surface area contributed by atoms with Crippen LogP contribution in [0.15, 0.2) is 51.9 Å². The molecule has 0 atom stereocenters. The molecule has 0 bridgehead atoms. The smallest absolute Gasteiger partial charge is 0.267 e. The Balaban J connectivity index is 1.65. The van der Waals surface area contributed by atoms with Gasteiger partial charge in [-0.2, -0.15) is 4.98 Å². The van der Waals surface area contributed by atoms with Gasteiger partial charge in [0.05, 0.1) is 23.7 Å². The molecule has 10 nitrogen and oxygen atoms in total. The molecule has 14 heteroatoms. The van der Waals surface area contributed by atoms with Crippen LogP contribution in [-0.4, -0.2) is 45.2 Å². The van der Waals surface area contributed by atoms with Gasteiger partial charge in [0.15, 0.2) is 17.3 Å². The van der Waals surface area contributed by atoms with E-state index in [2.05, 4.69) is 15.5 Å². The van der Waals surface area contributed by atoms with Gasteiger partial charge in [-0.15, -0.1) is 11.3 Å². The number of nitrogens with zero attached hydrogens (tertiary/aromatic N) is 3. The summed E-state index contributed by atoms with van der Waals surface area (Å²) in [6.45, 7) is 3.91. The highest BCUT2D eigenvalue weighted by Gasteiger charge is 2.30. The van der Waals surface area contributed by atoms with E-state index in [1.165, 1.54) is 32.4 Å². The average Bonchev–Trinajstić information content (AvgIpc) is 3.49. The molecule has 1 amide bonds. The lowest BCUT2D eigenvalue weighted by Crippen LogP contribution is -2.28. The Morgan fingerprint density at radius 1 is 1.16 bits per heavy atom. The number of hydrogen-bond donors (Lipinski definition) is 1. The van der Waals surface area contributed by atoms with Crippen LogP contribution in [0, 0.1) is 6.92 Å². The number of hydrogen-bond acceptors (Lipinski definition) is 9. The molecule has 0 unspecified atom stereocenters. The molecule has 38 heavy (non-hydrogen) atoms. The van der Waals surface area contributed by atoms with E-state index < -0.39 is 15.9 Å². The number of nitrogens with one attached hydrogen (secondary N) is 1. The fourth-order valence-electron chi connectivity index (χ4n) is 3.50. The normalized spacial score (nSPS) is 11.3. The fourth-order valence-corrected chi connectivity index (χ4v) is 6.61. The number of carbonyl (C=O) groups is 1. The van der Waals surface area contributed by atoms with E-state index in [0.29, 0.717) is 45.9 Å². The minimum Gasteiger partial charge on any atom is -0.493 e. The number of rotatable bonds is 9. The van der Waals surface area contributed by atoms with Gasteiger partial charge in [0.1, 0.15) is 9.77 Å². The molecular weight excluding hydrogens is 575 g/mol. The second-order valence-electron chi connectivity index (χ2n) is 7.81. The number of ether oxygens (including phenoxy) is 2. The fraction of sp³-hybridized carbons (Fsp3) is 0.208. The zero-order valence-electron chi connectivity index (χ0n) is 20.6. The highest BCUT2D eigenvalue weighted by molar-refractivity contribution is 7.93. The lowest BCUT2D eigenvalue weighted by molar-refractivity contribution is 0.102. The molecule has 200 valence electrons. The van der Waals surface area contributed by atoms with Crippen LogP contribution in [-0.2, 0) is 10.0 Å². The SMILES string of the molecule is CCOc1ccc(N(C)S(=O)(=O)c2cc(Cl)sc2C(=O)Nc2cc(Cl)cc(-c3nc(C)no3)c2)cc1OC. The van der Waals surface area contributed by atoms with Gasteiger partial charge in [-0.3, -0.25) is 9.10 Å². The van der Waals surface area contributed by atoms with E-state index in [1.807, 2.05) is 6.92 Å². The molecule has 4 rings (SSSR count). The van der Waals surface area contributed by atoms with Crippen LogP contribution >= 0.6 is 34.5 Å². The van der Waals surface area contributed by atoms with Gasteiger partial charge in [0, 0.05) is 29.4 Å². The molecule has 2 aromatic heterocycles. The molecule has 2 heterocycles. The first kappa shape index (κ1) is 27.7. The van der Waals surface area contributed by atoms with Crippen molar-refractivity contribution in [2.75, 3.05) is 30.4 Å². The zero-order valence-corrected chi connectivity index (χ0v) is 23.8. The highest BCUT2D eigenvalue weighted by atomic mass is 35.5. The van der Waals surface area contributed by atoms with Crippen molar-refractivity contribution in [1.82, 2.24) is 10.1 Å². The molecule has 0 aliphatic carbocycles. The third-order valence-electron chi connectivity index (χ3n) is 5.25. The maximum absolute atomic E-state index is 13.6. The number of carbonyl (C=O) groups excluding carboxylic acids is 1. The van der Waals surface area contributed by atoms with Crippen molar-refractivity contribution in [3.05, 3.63) is 62.5 Å². The molecule has 1 N–H and O–H groups in total. The van der Waals surface area contributed by atoms with E-state index in [1.54, 1.807) is 31.2 Å². The molecule has 0 saturated carbocycles. The van der Waals surface area contributed by atoms with E-state index in [9.17, 15) is 13.2 Å². The van der Waals surface area contributed by atoms with Crippen LogP contribution in [0.5, 0.6) is 11.5 Å². The van der Waals surface area contributed by atoms with Crippen molar-refractivity contribution in [3.63, 3.8) is 0 Å². The maximum atomic E-state index is 13.6. The minimum absolute atomic E-state index is 0.102. The largest absolute Gasteiger partial charge is 0.493 e. The lowest BCUT2D eigenvalue weighted by Gasteiger charge is -2.21. The van der Waals surface area contributed by atoms with Gasteiger partial charge in [0.2, 0.25) is 0 Å². The molecule has 0 aliphatic rings. The molecule has 4 aromatic rings. The van der Waals surface area contributed by atoms with Gasteiger partial charge >= 0.3 is 0 Å². The van der Waals surface area contributed by atoms with Crippen molar-refractivity contribution in [2.45, 2.75) is 18.7 Å². The van der Waals surface area contributed by atoms with Crippen LogP contribution in [0.4, 0.5) is 11.4 Å². The highest BCUT2D eigenvalue weighted by Crippen LogP contribution is 2.37. The van der Waals surface area contributed by atoms with E-state index >= 15 is 0 Å². The maximum Gasteiger partial charge on any atom is 0.267 e. The van der Waals surface area contributed by atoms with Crippen LogP contribution in [0.25, 0.3) is 11.5 Å². The van der Waals surface area contributed by atoms with Crippen LogP contribution in [0.3, 0.4) is 0 Å². The first-order chi connectivity index (χ1) is 18.0. The van der Waals surface area contributed by atoms with Crippen LogP contribution in [0.2, 0.25) is 9.36 Å². The molecule has 2 aromatic carbocycles. The summed E-state index contributed by atoms with van der Waals surface area (Å²) in [6.07, 6.45) is 0. The number of benzene rings is 2. The Bertz CT molecular complexity index is 1600. The average molecular weight is 598 g/mol. The standard InChI is InChI=1S/C24H22Cl2N4O6S2/c1-5-35-18-7-6-17(11-19(18)34-4)30(3)38(32,33)20-12-21(26)37-22(20)23(31)28-16-9-14(8-15(25)10-16)24-27-13(2)29-36-24/h6-12H,5H2,1-4H3,(H,28,31). The van der Waals surface area contributed by atoms with E-state index in [-0.39, 0.29) is 20.0 Å². The zero-order chi connectivity index (χ0) is 27.6. The summed E-state index contributed by atoms with van der Waals surface area (Å²) in [5, 5.41) is 6.73. The summed E-state index contributed by atoms with van der Waals surface area (Å²) < 4.78 is 44.4. The summed E-state index contributed by atoms with van der Waals surface area (Å²) in [5.74, 6) is 0.798. The topological polar surface area (TPSA) is 124 Å². The number of thiophene rings is 1. The van der Waals surface area contributed by atoms with Crippen molar-refractivity contribution >= 4 is 61.8 Å². The number of halogens is 2. The molecule has 0 aliphatic heterocycles. The Hall–Kier alpha value is -3.32. The molecule has 0 radical (unpaired) electrons. The van der Waals surface area contributed by atoms with Crippen molar-refractivity contribution in [2.24, 2.45) is 0 Å². The second-order valence-corrected chi connectivity index (χ2v) is 11.9. The number of aromatic nitrogens is 2. The Morgan fingerprint density at radius 2 is 1.92 bits per heavy atom. The monoisotopic (exact) mass is 596 g/mol. The number of anilines is 2. The third kappa shape index (κ3) is 5.73. The number of sulfonamides is 1. The van der Waals surface area contributed by atoms with Crippen molar-refractivity contribution in [1.29, 1.82) is 0 Å². The predicted molar refractivity (Wildman–Crippen MR) is 147 cm³/mol. The predicted octanol–water partition coefficient (Wildman–Crippen LogP) is 5.90. The van der Waals surface area contributed by atoms with Crippen LogP contribution < -0.4 is 19.1 Å².